The number of hydrogen-bond donors (Lipinski definition) is 1. The number of imidazole rings is 1. The SMILES string of the molecule is Cc1ccc(-c2nn(-c3ccccc3)cc2C(=O)Nc2nc(C)c(-c3nccn3C)s2)o1. The number of benzene rings is 1. The van der Waals surface area contributed by atoms with Crippen molar-refractivity contribution in [1.29, 1.82) is 0 Å². The first-order valence-corrected chi connectivity index (χ1v) is 10.8. The summed E-state index contributed by atoms with van der Waals surface area (Å²) in [6.07, 6.45) is 5.32. The van der Waals surface area contributed by atoms with Gasteiger partial charge in [-0.1, -0.05) is 29.5 Å². The van der Waals surface area contributed by atoms with Crippen LogP contribution in [-0.4, -0.2) is 30.2 Å². The Morgan fingerprint density at radius 1 is 1.12 bits per heavy atom. The minimum atomic E-state index is -0.309. The van der Waals surface area contributed by atoms with E-state index in [0.717, 1.165) is 27.8 Å². The quantitative estimate of drug-likeness (QED) is 0.418. The summed E-state index contributed by atoms with van der Waals surface area (Å²) in [6.45, 7) is 3.76. The Labute approximate surface area is 188 Å². The lowest BCUT2D eigenvalue weighted by Crippen LogP contribution is -2.12. The molecule has 1 N–H and O–H groups in total. The molecule has 0 saturated heterocycles. The number of nitrogens with one attached hydrogen (secondary N) is 1. The van der Waals surface area contributed by atoms with Gasteiger partial charge >= 0.3 is 0 Å². The maximum atomic E-state index is 13.3. The number of amides is 1. The number of aryl methyl sites for hydroxylation is 3. The second kappa shape index (κ2) is 7.93. The van der Waals surface area contributed by atoms with Crippen LogP contribution in [0.5, 0.6) is 0 Å². The zero-order valence-corrected chi connectivity index (χ0v) is 18.6. The van der Waals surface area contributed by atoms with Gasteiger partial charge in [0.25, 0.3) is 5.91 Å². The van der Waals surface area contributed by atoms with E-state index in [4.69, 9.17) is 4.42 Å². The van der Waals surface area contributed by atoms with Crippen molar-refractivity contribution in [2.75, 3.05) is 5.32 Å². The zero-order valence-electron chi connectivity index (χ0n) is 17.7. The molecule has 9 heteroatoms. The molecule has 0 aliphatic rings. The molecule has 0 atom stereocenters. The molecule has 0 saturated carbocycles. The third-order valence-corrected chi connectivity index (χ3v) is 6.06. The first-order valence-electron chi connectivity index (χ1n) is 9.98. The van der Waals surface area contributed by atoms with Gasteiger partial charge in [0, 0.05) is 25.6 Å². The van der Waals surface area contributed by atoms with Crippen LogP contribution in [0.4, 0.5) is 5.13 Å². The van der Waals surface area contributed by atoms with Crippen LogP contribution < -0.4 is 5.32 Å². The second-order valence-corrected chi connectivity index (χ2v) is 8.33. The average Bonchev–Trinajstić information content (AvgIpc) is 3.56. The maximum Gasteiger partial charge on any atom is 0.261 e. The van der Waals surface area contributed by atoms with E-state index in [1.807, 2.05) is 74.1 Å². The van der Waals surface area contributed by atoms with Crippen molar-refractivity contribution in [2.45, 2.75) is 13.8 Å². The number of nitrogens with zero attached hydrogens (tertiary/aromatic N) is 5. The maximum absolute atomic E-state index is 13.3. The van der Waals surface area contributed by atoms with Crippen LogP contribution >= 0.6 is 11.3 Å². The minimum Gasteiger partial charge on any atom is -0.460 e. The van der Waals surface area contributed by atoms with Crippen LogP contribution in [0.3, 0.4) is 0 Å². The predicted octanol–water partition coefficient (Wildman–Crippen LogP) is 4.86. The Bertz CT molecular complexity index is 1410. The Balaban J connectivity index is 1.51. The second-order valence-electron chi connectivity index (χ2n) is 7.33. The minimum absolute atomic E-state index is 0.309. The van der Waals surface area contributed by atoms with E-state index >= 15 is 0 Å². The molecule has 0 aliphatic carbocycles. The Kier molecular flexibility index (Phi) is 4.95. The summed E-state index contributed by atoms with van der Waals surface area (Å²) in [5.41, 5.74) is 2.52. The van der Waals surface area contributed by atoms with E-state index in [2.05, 4.69) is 20.4 Å². The summed E-state index contributed by atoms with van der Waals surface area (Å²) in [6, 6.07) is 13.3. The van der Waals surface area contributed by atoms with Crippen LogP contribution in [0.25, 0.3) is 27.8 Å². The van der Waals surface area contributed by atoms with Gasteiger partial charge in [-0.3, -0.25) is 10.1 Å². The molecule has 0 bridgehead atoms. The fourth-order valence-corrected chi connectivity index (χ4v) is 4.40. The fourth-order valence-electron chi connectivity index (χ4n) is 3.40. The largest absolute Gasteiger partial charge is 0.460 e. The van der Waals surface area contributed by atoms with Gasteiger partial charge in [-0.15, -0.1) is 0 Å². The lowest BCUT2D eigenvalue weighted by Gasteiger charge is -2.01. The van der Waals surface area contributed by atoms with E-state index in [-0.39, 0.29) is 5.91 Å². The Hall–Kier alpha value is -3.98. The molecular weight excluding hydrogens is 424 g/mol. The van der Waals surface area contributed by atoms with Crippen LogP contribution in [0.15, 0.2) is 65.5 Å². The smallest absolute Gasteiger partial charge is 0.261 e. The van der Waals surface area contributed by atoms with Crippen LogP contribution in [0.1, 0.15) is 21.8 Å². The standard InChI is InChI=1S/C23H20N6O2S/c1-14-9-10-18(31-14)19-17(13-29(27-19)16-7-5-4-6-8-16)22(30)26-23-25-15(2)20(32-23)21-24-11-12-28(21)3/h4-13H,1-3H3,(H,25,26,30). The van der Waals surface area contributed by atoms with Gasteiger partial charge in [0.2, 0.25) is 0 Å². The zero-order chi connectivity index (χ0) is 22.2. The normalized spacial score (nSPS) is 11.1. The van der Waals surface area contributed by atoms with Gasteiger partial charge in [-0.25, -0.2) is 14.6 Å². The number of anilines is 1. The lowest BCUT2D eigenvalue weighted by molar-refractivity contribution is 0.102. The predicted molar refractivity (Wildman–Crippen MR) is 123 cm³/mol. The van der Waals surface area contributed by atoms with Crippen LogP contribution in [-0.2, 0) is 7.05 Å². The molecular formula is C23H20N6O2S. The van der Waals surface area contributed by atoms with Crippen molar-refractivity contribution in [1.82, 2.24) is 24.3 Å². The summed E-state index contributed by atoms with van der Waals surface area (Å²) in [5, 5.41) is 8.05. The molecule has 5 aromatic rings. The molecule has 0 fully saturated rings. The monoisotopic (exact) mass is 444 g/mol. The molecule has 8 nitrogen and oxygen atoms in total. The van der Waals surface area contributed by atoms with Crippen molar-refractivity contribution in [3.63, 3.8) is 0 Å². The molecule has 5 rings (SSSR count). The highest BCUT2D eigenvalue weighted by atomic mass is 32.1. The van der Waals surface area contributed by atoms with E-state index in [1.54, 1.807) is 17.1 Å². The van der Waals surface area contributed by atoms with Gasteiger partial charge in [-0.05, 0) is 38.1 Å². The topological polar surface area (TPSA) is 90.8 Å². The van der Waals surface area contributed by atoms with Crippen LogP contribution in [0, 0.1) is 13.8 Å². The fraction of sp³-hybridized carbons (Fsp3) is 0.130. The van der Waals surface area contributed by atoms with Gasteiger partial charge in [0.05, 0.1) is 21.8 Å². The molecule has 160 valence electrons. The Morgan fingerprint density at radius 3 is 2.62 bits per heavy atom. The van der Waals surface area contributed by atoms with E-state index < -0.39 is 0 Å². The number of rotatable bonds is 5. The Morgan fingerprint density at radius 2 is 1.94 bits per heavy atom. The molecule has 4 aromatic heterocycles. The van der Waals surface area contributed by atoms with Crippen molar-refractivity contribution in [3.8, 4) is 27.8 Å². The lowest BCUT2D eigenvalue weighted by atomic mass is 10.2. The number of para-hydroxylation sites is 1. The molecule has 0 spiro atoms. The summed E-state index contributed by atoms with van der Waals surface area (Å²) in [5.74, 6) is 1.78. The number of carbonyl (C=O) groups is 1. The average molecular weight is 445 g/mol. The molecule has 0 radical (unpaired) electrons. The summed E-state index contributed by atoms with van der Waals surface area (Å²) in [4.78, 5) is 23.1. The number of aromatic nitrogens is 5. The summed E-state index contributed by atoms with van der Waals surface area (Å²) >= 11 is 1.39. The van der Waals surface area contributed by atoms with Crippen molar-refractivity contribution < 1.29 is 9.21 Å². The molecule has 0 aliphatic heterocycles. The summed E-state index contributed by atoms with van der Waals surface area (Å²) in [7, 11) is 1.93. The van der Waals surface area contributed by atoms with Gasteiger partial charge in [0.1, 0.15) is 11.5 Å². The van der Waals surface area contributed by atoms with Gasteiger partial charge < -0.3 is 8.98 Å². The third kappa shape index (κ3) is 3.63. The summed E-state index contributed by atoms with van der Waals surface area (Å²) < 4.78 is 9.36. The highest BCUT2D eigenvalue weighted by Crippen LogP contribution is 2.32. The molecule has 1 amide bonds. The molecule has 4 heterocycles. The van der Waals surface area contributed by atoms with Crippen molar-refractivity contribution >= 4 is 22.4 Å². The molecule has 1 aromatic carbocycles. The number of hydrogen-bond acceptors (Lipinski definition) is 6. The molecule has 32 heavy (non-hydrogen) atoms. The van der Waals surface area contributed by atoms with Gasteiger partial charge in [0.15, 0.2) is 16.7 Å². The van der Waals surface area contributed by atoms with E-state index in [0.29, 0.717) is 22.1 Å². The highest BCUT2D eigenvalue weighted by molar-refractivity contribution is 7.19. The van der Waals surface area contributed by atoms with Crippen molar-refractivity contribution in [2.24, 2.45) is 7.05 Å². The van der Waals surface area contributed by atoms with E-state index in [9.17, 15) is 4.79 Å². The highest BCUT2D eigenvalue weighted by Gasteiger charge is 2.23. The first kappa shape index (κ1) is 20.0. The van der Waals surface area contributed by atoms with Crippen molar-refractivity contribution in [3.05, 3.63) is 78.1 Å². The number of furan rings is 1. The van der Waals surface area contributed by atoms with E-state index in [1.165, 1.54) is 11.3 Å². The third-order valence-electron chi connectivity index (χ3n) is 4.99. The first-order chi connectivity index (χ1) is 15.5. The number of carbonyl (C=O) groups excluding carboxylic acids is 1. The van der Waals surface area contributed by atoms with Crippen LogP contribution in [0.2, 0.25) is 0 Å². The molecule has 0 unspecified atom stereocenters. The van der Waals surface area contributed by atoms with Gasteiger partial charge in [-0.2, -0.15) is 5.10 Å². The number of thiazole rings is 1.